The smallest absolute Gasteiger partial charge is 0.315 e. The maximum Gasteiger partial charge on any atom is 0.315 e. The molecule has 2 aliphatic rings. The summed E-state index contributed by atoms with van der Waals surface area (Å²) in [6.07, 6.45) is 5.43. The van der Waals surface area contributed by atoms with Crippen molar-refractivity contribution in [3.05, 3.63) is 0 Å². The van der Waals surface area contributed by atoms with Crippen LogP contribution in [-0.4, -0.2) is 54.7 Å². The predicted molar refractivity (Wildman–Crippen MR) is 80.1 cm³/mol. The molecule has 3 N–H and O–H groups in total. The Morgan fingerprint density at radius 2 is 1.90 bits per heavy atom. The van der Waals surface area contributed by atoms with Gasteiger partial charge in [-0.15, -0.1) is 0 Å². The summed E-state index contributed by atoms with van der Waals surface area (Å²) in [5.41, 5.74) is 0. The maximum atomic E-state index is 11.8. The number of amides is 2. The third-order valence-electron chi connectivity index (χ3n) is 4.79. The molecule has 1 heterocycles. The van der Waals surface area contributed by atoms with Crippen molar-refractivity contribution in [2.24, 2.45) is 11.8 Å². The molecule has 2 rings (SSSR count). The van der Waals surface area contributed by atoms with E-state index in [-0.39, 0.29) is 18.0 Å². The number of carboxylic acids is 1. The van der Waals surface area contributed by atoms with Gasteiger partial charge in [-0.25, -0.2) is 4.79 Å². The lowest BCUT2D eigenvalue weighted by molar-refractivity contribution is -0.141. The maximum absolute atomic E-state index is 11.8. The number of carboxylic acid groups (broad SMARTS) is 1. The number of nitrogens with zero attached hydrogens (tertiary/aromatic N) is 1. The molecule has 1 aliphatic carbocycles. The van der Waals surface area contributed by atoms with Gasteiger partial charge in [0.05, 0.1) is 5.92 Å². The van der Waals surface area contributed by atoms with Gasteiger partial charge < -0.3 is 20.6 Å². The summed E-state index contributed by atoms with van der Waals surface area (Å²) in [6, 6.07) is -0.145. The largest absolute Gasteiger partial charge is 0.481 e. The van der Waals surface area contributed by atoms with E-state index in [2.05, 4.69) is 22.6 Å². The summed E-state index contributed by atoms with van der Waals surface area (Å²) in [6.45, 7) is 3.00. The van der Waals surface area contributed by atoms with Crippen molar-refractivity contribution in [2.45, 2.75) is 44.6 Å². The van der Waals surface area contributed by atoms with Crippen molar-refractivity contribution in [1.29, 1.82) is 0 Å². The molecule has 2 atom stereocenters. The molecule has 2 amide bonds. The first-order valence-electron chi connectivity index (χ1n) is 8.00. The minimum absolute atomic E-state index is 0.00873. The fourth-order valence-electron chi connectivity index (χ4n) is 3.31. The first kappa shape index (κ1) is 16.1. The van der Waals surface area contributed by atoms with Crippen LogP contribution < -0.4 is 10.6 Å². The minimum Gasteiger partial charge on any atom is -0.481 e. The standard InChI is InChI=1S/C15H27N3O3/c1-18-8-5-11(6-9-18)4-7-16-15(21)17-13-3-2-12(10-13)14(19)20/h11-13H,2-10H2,1H3,(H,19,20)(H2,16,17,21). The van der Waals surface area contributed by atoms with E-state index in [1.165, 1.54) is 12.8 Å². The first-order valence-corrected chi connectivity index (χ1v) is 8.00. The van der Waals surface area contributed by atoms with Crippen LogP contribution in [0.1, 0.15) is 38.5 Å². The molecule has 1 saturated carbocycles. The lowest BCUT2D eigenvalue weighted by atomic mass is 9.94. The lowest BCUT2D eigenvalue weighted by Crippen LogP contribution is -2.42. The molecule has 120 valence electrons. The van der Waals surface area contributed by atoms with Crippen molar-refractivity contribution in [1.82, 2.24) is 15.5 Å². The van der Waals surface area contributed by atoms with E-state index in [0.29, 0.717) is 25.3 Å². The average Bonchev–Trinajstić information content (AvgIpc) is 2.90. The second-order valence-electron chi connectivity index (χ2n) is 6.48. The highest BCUT2D eigenvalue weighted by Gasteiger charge is 2.30. The van der Waals surface area contributed by atoms with E-state index in [1.54, 1.807) is 0 Å². The quantitative estimate of drug-likeness (QED) is 0.714. The number of likely N-dealkylation sites (tertiary alicyclic amines) is 1. The van der Waals surface area contributed by atoms with Gasteiger partial charge >= 0.3 is 12.0 Å². The molecule has 1 aliphatic heterocycles. The van der Waals surface area contributed by atoms with Crippen LogP contribution in [-0.2, 0) is 4.79 Å². The van der Waals surface area contributed by atoms with Gasteiger partial charge in [0.2, 0.25) is 0 Å². The summed E-state index contributed by atoms with van der Waals surface area (Å²) in [5.74, 6) is -0.333. The molecule has 0 radical (unpaired) electrons. The fourth-order valence-corrected chi connectivity index (χ4v) is 3.31. The molecule has 0 aromatic heterocycles. The zero-order valence-electron chi connectivity index (χ0n) is 12.8. The van der Waals surface area contributed by atoms with Crippen molar-refractivity contribution in [3.8, 4) is 0 Å². The topological polar surface area (TPSA) is 81.7 Å². The molecule has 0 bridgehead atoms. The normalized spacial score (nSPS) is 27.5. The van der Waals surface area contributed by atoms with Gasteiger partial charge in [0.25, 0.3) is 0 Å². The number of carbonyl (C=O) groups is 2. The molecule has 21 heavy (non-hydrogen) atoms. The summed E-state index contributed by atoms with van der Waals surface area (Å²) >= 11 is 0. The van der Waals surface area contributed by atoms with Crippen LogP contribution in [0.3, 0.4) is 0 Å². The Hall–Kier alpha value is -1.30. The van der Waals surface area contributed by atoms with Gasteiger partial charge in [-0.2, -0.15) is 0 Å². The van der Waals surface area contributed by atoms with Crippen molar-refractivity contribution < 1.29 is 14.7 Å². The van der Waals surface area contributed by atoms with Crippen molar-refractivity contribution in [2.75, 3.05) is 26.7 Å². The van der Waals surface area contributed by atoms with E-state index in [1.807, 2.05) is 0 Å². The van der Waals surface area contributed by atoms with Crippen LogP contribution in [0.2, 0.25) is 0 Å². The van der Waals surface area contributed by atoms with E-state index in [4.69, 9.17) is 5.11 Å². The molecule has 0 spiro atoms. The average molecular weight is 297 g/mol. The number of hydrogen-bond acceptors (Lipinski definition) is 3. The van der Waals surface area contributed by atoms with Crippen LogP contribution in [0.5, 0.6) is 0 Å². The summed E-state index contributed by atoms with van der Waals surface area (Å²) in [4.78, 5) is 25.0. The molecule has 2 fully saturated rings. The number of nitrogens with one attached hydrogen (secondary N) is 2. The van der Waals surface area contributed by atoms with Gasteiger partial charge in [-0.3, -0.25) is 4.79 Å². The molecular formula is C15H27N3O3. The molecule has 6 nitrogen and oxygen atoms in total. The third kappa shape index (κ3) is 5.19. The number of urea groups is 1. The van der Waals surface area contributed by atoms with Gasteiger partial charge in [0.1, 0.15) is 0 Å². The highest BCUT2D eigenvalue weighted by atomic mass is 16.4. The summed E-state index contributed by atoms with van der Waals surface area (Å²) < 4.78 is 0. The molecule has 1 saturated heterocycles. The number of carbonyl (C=O) groups excluding carboxylic acids is 1. The fraction of sp³-hybridized carbons (Fsp3) is 0.867. The van der Waals surface area contributed by atoms with Crippen LogP contribution in [0.4, 0.5) is 4.79 Å². The van der Waals surface area contributed by atoms with Crippen molar-refractivity contribution in [3.63, 3.8) is 0 Å². The lowest BCUT2D eigenvalue weighted by Gasteiger charge is -2.28. The SMILES string of the molecule is CN1CCC(CCNC(=O)NC2CCC(C(=O)O)C2)CC1. The Labute approximate surface area is 126 Å². The molecule has 6 heteroatoms. The second-order valence-corrected chi connectivity index (χ2v) is 6.48. The minimum atomic E-state index is -0.748. The highest BCUT2D eigenvalue weighted by Crippen LogP contribution is 2.25. The zero-order valence-corrected chi connectivity index (χ0v) is 12.8. The predicted octanol–water partition coefficient (Wildman–Crippen LogP) is 1.27. The van der Waals surface area contributed by atoms with Gasteiger partial charge in [0.15, 0.2) is 0 Å². The summed E-state index contributed by atoms with van der Waals surface area (Å²) in [5, 5.41) is 14.7. The monoisotopic (exact) mass is 297 g/mol. The number of hydrogen-bond donors (Lipinski definition) is 3. The van der Waals surface area contributed by atoms with Crippen LogP contribution in [0.15, 0.2) is 0 Å². The van der Waals surface area contributed by atoms with E-state index < -0.39 is 5.97 Å². The molecule has 2 unspecified atom stereocenters. The van der Waals surface area contributed by atoms with Crippen LogP contribution in [0.25, 0.3) is 0 Å². The van der Waals surface area contributed by atoms with E-state index >= 15 is 0 Å². The molecular weight excluding hydrogens is 270 g/mol. The van der Waals surface area contributed by atoms with E-state index in [9.17, 15) is 9.59 Å². The zero-order chi connectivity index (χ0) is 15.2. The number of piperidine rings is 1. The highest BCUT2D eigenvalue weighted by molar-refractivity contribution is 5.75. The Morgan fingerprint density at radius 1 is 1.19 bits per heavy atom. The Kier molecular flexibility index (Phi) is 5.85. The summed E-state index contributed by atoms with van der Waals surface area (Å²) in [7, 11) is 2.15. The second kappa shape index (κ2) is 7.64. The van der Waals surface area contributed by atoms with Gasteiger partial charge in [0, 0.05) is 12.6 Å². The van der Waals surface area contributed by atoms with Crippen molar-refractivity contribution >= 4 is 12.0 Å². The van der Waals surface area contributed by atoms with Crippen LogP contribution in [0, 0.1) is 11.8 Å². The van der Waals surface area contributed by atoms with Gasteiger partial charge in [-0.05, 0) is 64.6 Å². The van der Waals surface area contributed by atoms with Crippen LogP contribution >= 0.6 is 0 Å². The molecule has 0 aromatic rings. The number of aliphatic carboxylic acids is 1. The Bertz CT molecular complexity index is 367. The first-order chi connectivity index (χ1) is 10.0. The number of rotatable bonds is 5. The molecule has 0 aromatic carbocycles. The Balaban J connectivity index is 1.57. The Morgan fingerprint density at radius 3 is 2.52 bits per heavy atom. The third-order valence-corrected chi connectivity index (χ3v) is 4.79. The van der Waals surface area contributed by atoms with E-state index in [0.717, 1.165) is 25.9 Å². The van der Waals surface area contributed by atoms with Gasteiger partial charge in [-0.1, -0.05) is 0 Å².